The molecule has 2 amide bonds. The first-order chi connectivity index (χ1) is 8.08. The van der Waals surface area contributed by atoms with Gasteiger partial charge in [-0.05, 0) is 23.8 Å². The zero-order valence-corrected chi connectivity index (χ0v) is 10.5. The summed E-state index contributed by atoms with van der Waals surface area (Å²) in [5.74, 6) is -0.979. The third-order valence-corrected chi connectivity index (χ3v) is 3.26. The van der Waals surface area contributed by atoms with Crippen LogP contribution in [0.4, 0.5) is 4.39 Å². The summed E-state index contributed by atoms with van der Waals surface area (Å²) >= 11 is 3.27. The van der Waals surface area contributed by atoms with Gasteiger partial charge in [0.2, 0.25) is 11.8 Å². The third kappa shape index (κ3) is 2.70. The first kappa shape index (κ1) is 12.2. The second kappa shape index (κ2) is 4.93. The standard InChI is InChI=1S/C11H10BrFN2O2/c12-9-2-1-8(13)3-7(9)6-15-10(16)4-14-5-11(15)17/h1-3,14H,4-6H2. The minimum atomic E-state index is -0.391. The molecule has 4 nitrogen and oxygen atoms in total. The van der Waals surface area contributed by atoms with E-state index in [4.69, 9.17) is 0 Å². The lowest BCUT2D eigenvalue weighted by Crippen LogP contribution is -2.51. The Bertz CT molecular complexity index is 463. The van der Waals surface area contributed by atoms with Gasteiger partial charge in [0.1, 0.15) is 5.82 Å². The van der Waals surface area contributed by atoms with Crippen molar-refractivity contribution in [2.24, 2.45) is 0 Å². The van der Waals surface area contributed by atoms with E-state index in [9.17, 15) is 14.0 Å². The van der Waals surface area contributed by atoms with Crippen molar-refractivity contribution < 1.29 is 14.0 Å². The molecule has 1 N–H and O–H groups in total. The Morgan fingerprint density at radius 2 is 1.94 bits per heavy atom. The van der Waals surface area contributed by atoms with E-state index in [1.54, 1.807) is 6.07 Å². The third-order valence-electron chi connectivity index (χ3n) is 2.49. The van der Waals surface area contributed by atoms with Crippen LogP contribution in [0.3, 0.4) is 0 Å². The average Bonchev–Trinajstić information content (AvgIpc) is 2.28. The SMILES string of the molecule is O=C1CNCC(=O)N1Cc1cc(F)ccc1Br. The Morgan fingerprint density at radius 1 is 1.29 bits per heavy atom. The second-order valence-corrected chi connectivity index (χ2v) is 4.57. The van der Waals surface area contributed by atoms with Crippen LogP contribution in [0.2, 0.25) is 0 Å². The van der Waals surface area contributed by atoms with Gasteiger partial charge >= 0.3 is 0 Å². The number of benzene rings is 1. The number of hydrogen-bond donors (Lipinski definition) is 1. The maximum atomic E-state index is 13.1. The molecule has 1 aromatic carbocycles. The lowest BCUT2D eigenvalue weighted by atomic mass is 10.2. The first-order valence-corrected chi connectivity index (χ1v) is 5.85. The number of carbonyl (C=O) groups is 2. The number of hydrogen-bond acceptors (Lipinski definition) is 3. The average molecular weight is 301 g/mol. The minimum absolute atomic E-state index is 0.0949. The van der Waals surface area contributed by atoms with Crippen LogP contribution in [-0.2, 0) is 16.1 Å². The van der Waals surface area contributed by atoms with Crippen LogP contribution < -0.4 is 5.32 Å². The topological polar surface area (TPSA) is 49.4 Å². The van der Waals surface area contributed by atoms with Crippen molar-refractivity contribution in [3.8, 4) is 0 Å². The highest BCUT2D eigenvalue weighted by atomic mass is 79.9. The highest BCUT2D eigenvalue weighted by Gasteiger charge is 2.26. The molecule has 1 aromatic rings. The molecule has 0 atom stereocenters. The van der Waals surface area contributed by atoms with Gasteiger partial charge in [-0.1, -0.05) is 15.9 Å². The zero-order valence-electron chi connectivity index (χ0n) is 8.87. The van der Waals surface area contributed by atoms with Gasteiger partial charge in [0.15, 0.2) is 0 Å². The fourth-order valence-corrected chi connectivity index (χ4v) is 1.99. The lowest BCUT2D eigenvalue weighted by Gasteiger charge is -2.25. The number of amides is 2. The van der Waals surface area contributed by atoms with Crippen LogP contribution >= 0.6 is 15.9 Å². The quantitative estimate of drug-likeness (QED) is 0.831. The van der Waals surface area contributed by atoms with Crippen LogP contribution in [-0.4, -0.2) is 29.8 Å². The van der Waals surface area contributed by atoms with Crippen molar-refractivity contribution in [3.05, 3.63) is 34.1 Å². The molecule has 1 heterocycles. The molecule has 1 aliphatic rings. The Morgan fingerprint density at radius 3 is 2.59 bits per heavy atom. The van der Waals surface area contributed by atoms with Crippen molar-refractivity contribution >= 4 is 27.7 Å². The number of rotatable bonds is 2. The number of carbonyl (C=O) groups excluding carboxylic acids is 2. The summed E-state index contributed by atoms with van der Waals surface area (Å²) in [4.78, 5) is 24.2. The fraction of sp³-hybridized carbons (Fsp3) is 0.273. The molecule has 0 spiro atoms. The van der Waals surface area contributed by atoms with Crippen molar-refractivity contribution in [3.63, 3.8) is 0 Å². The summed E-state index contributed by atoms with van der Waals surface area (Å²) in [5.41, 5.74) is 0.577. The smallest absolute Gasteiger partial charge is 0.243 e. The molecule has 1 aliphatic heterocycles. The summed E-state index contributed by atoms with van der Waals surface area (Å²) in [6, 6.07) is 4.18. The van der Waals surface area contributed by atoms with Gasteiger partial charge in [0.05, 0.1) is 19.6 Å². The Kier molecular flexibility index (Phi) is 3.54. The molecule has 17 heavy (non-hydrogen) atoms. The highest BCUT2D eigenvalue weighted by Crippen LogP contribution is 2.20. The Labute approximate surface area is 106 Å². The number of halogens is 2. The van der Waals surface area contributed by atoms with Gasteiger partial charge in [-0.25, -0.2) is 4.39 Å². The largest absolute Gasteiger partial charge is 0.300 e. The number of imide groups is 1. The van der Waals surface area contributed by atoms with Gasteiger partial charge in [-0.3, -0.25) is 19.8 Å². The maximum Gasteiger partial charge on any atom is 0.243 e. The normalized spacial score (nSPS) is 16.5. The van der Waals surface area contributed by atoms with E-state index in [1.165, 1.54) is 12.1 Å². The van der Waals surface area contributed by atoms with Gasteiger partial charge in [0.25, 0.3) is 0 Å². The number of piperazine rings is 1. The molecule has 0 unspecified atom stereocenters. The number of nitrogens with one attached hydrogen (secondary N) is 1. The fourth-order valence-electron chi connectivity index (χ4n) is 1.62. The molecule has 2 rings (SSSR count). The monoisotopic (exact) mass is 300 g/mol. The molecular weight excluding hydrogens is 291 g/mol. The molecule has 1 fully saturated rings. The predicted molar refractivity (Wildman–Crippen MR) is 62.5 cm³/mol. The predicted octanol–water partition coefficient (Wildman–Crippen LogP) is 1.05. The summed E-state index contributed by atoms with van der Waals surface area (Å²) in [5, 5.41) is 2.70. The number of nitrogens with zero attached hydrogens (tertiary/aromatic N) is 1. The minimum Gasteiger partial charge on any atom is -0.300 e. The van der Waals surface area contributed by atoms with E-state index < -0.39 is 5.82 Å². The summed E-state index contributed by atoms with van der Waals surface area (Å²) < 4.78 is 13.8. The summed E-state index contributed by atoms with van der Waals surface area (Å²) in [6.45, 7) is 0.370. The molecular formula is C11H10BrFN2O2. The Balaban J connectivity index is 2.21. The Hall–Kier alpha value is -1.27. The molecule has 1 saturated heterocycles. The van der Waals surface area contributed by atoms with Crippen molar-refractivity contribution in [1.82, 2.24) is 10.2 Å². The summed E-state index contributed by atoms with van der Waals surface area (Å²) in [7, 11) is 0. The van der Waals surface area contributed by atoms with Crippen LogP contribution in [0.25, 0.3) is 0 Å². The maximum absolute atomic E-state index is 13.1. The van der Waals surface area contributed by atoms with E-state index in [0.717, 1.165) is 4.90 Å². The molecule has 90 valence electrons. The molecule has 0 aromatic heterocycles. The lowest BCUT2D eigenvalue weighted by molar-refractivity contribution is -0.147. The molecule has 0 radical (unpaired) electrons. The summed E-state index contributed by atoms with van der Waals surface area (Å²) in [6.07, 6.45) is 0. The van der Waals surface area contributed by atoms with E-state index in [0.29, 0.717) is 10.0 Å². The van der Waals surface area contributed by atoms with Crippen LogP contribution in [0.15, 0.2) is 22.7 Å². The molecule has 0 bridgehead atoms. The first-order valence-electron chi connectivity index (χ1n) is 5.06. The van der Waals surface area contributed by atoms with E-state index in [2.05, 4.69) is 21.2 Å². The molecule has 0 saturated carbocycles. The second-order valence-electron chi connectivity index (χ2n) is 3.71. The van der Waals surface area contributed by atoms with Crippen LogP contribution in [0.5, 0.6) is 0 Å². The van der Waals surface area contributed by atoms with Crippen LogP contribution in [0, 0.1) is 5.82 Å². The van der Waals surface area contributed by atoms with Gasteiger partial charge in [0, 0.05) is 4.47 Å². The van der Waals surface area contributed by atoms with Crippen molar-refractivity contribution in [2.75, 3.05) is 13.1 Å². The van der Waals surface area contributed by atoms with Gasteiger partial charge in [-0.2, -0.15) is 0 Å². The zero-order chi connectivity index (χ0) is 12.4. The van der Waals surface area contributed by atoms with E-state index in [1.807, 2.05) is 0 Å². The molecule has 6 heteroatoms. The van der Waals surface area contributed by atoms with Crippen LogP contribution in [0.1, 0.15) is 5.56 Å². The highest BCUT2D eigenvalue weighted by molar-refractivity contribution is 9.10. The van der Waals surface area contributed by atoms with Gasteiger partial charge in [-0.15, -0.1) is 0 Å². The van der Waals surface area contributed by atoms with Crippen molar-refractivity contribution in [1.29, 1.82) is 0 Å². The van der Waals surface area contributed by atoms with E-state index in [-0.39, 0.29) is 31.4 Å². The van der Waals surface area contributed by atoms with Gasteiger partial charge < -0.3 is 0 Å². The molecule has 0 aliphatic carbocycles. The van der Waals surface area contributed by atoms with E-state index >= 15 is 0 Å². The van der Waals surface area contributed by atoms with Crippen molar-refractivity contribution in [2.45, 2.75) is 6.54 Å².